The van der Waals surface area contributed by atoms with Crippen LogP contribution in [0.4, 0.5) is 0 Å². The number of aromatic nitrogens is 2. The van der Waals surface area contributed by atoms with Crippen LogP contribution < -0.4 is 5.32 Å². The number of hydrogen-bond donors (Lipinski definition) is 1. The summed E-state index contributed by atoms with van der Waals surface area (Å²) in [6.45, 7) is 1.86. The van der Waals surface area contributed by atoms with Crippen molar-refractivity contribution in [3.8, 4) is 0 Å². The molecular weight excluding hydrogens is 352 g/mol. The van der Waals surface area contributed by atoms with Crippen molar-refractivity contribution in [1.82, 2.24) is 20.0 Å². The predicted octanol–water partition coefficient (Wildman–Crippen LogP) is 2.73. The average Bonchev–Trinajstić information content (AvgIpc) is 3.32. The third-order valence-corrected chi connectivity index (χ3v) is 5.17. The Kier molecular flexibility index (Phi) is 5.37. The van der Waals surface area contributed by atoms with Crippen molar-refractivity contribution in [2.45, 2.75) is 38.4 Å². The maximum absolute atomic E-state index is 12.4. The van der Waals surface area contributed by atoms with Gasteiger partial charge in [-0.2, -0.15) is 5.10 Å². The van der Waals surface area contributed by atoms with E-state index in [0.717, 1.165) is 18.5 Å². The zero-order valence-corrected chi connectivity index (χ0v) is 15.8. The summed E-state index contributed by atoms with van der Waals surface area (Å²) in [6.07, 6.45) is 5.16. The molecule has 4 rings (SSSR count). The summed E-state index contributed by atoms with van der Waals surface area (Å²) in [7, 11) is 0. The minimum Gasteiger partial charge on any atom is -0.351 e. The van der Waals surface area contributed by atoms with E-state index in [1.54, 1.807) is 6.20 Å². The number of nitrogens with zero attached hydrogens (tertiary/aromatic N) is 3. The molecule has 2 amide bonds. The summed E-state index contributed by atoms with van der Waals surface area (Å²) in [5, 5.41) is 9.49. The first-order chi connectivity index (χ1) is 13.7. The van der Waals surface area contributed by atoms with Crippen LogP contribution in [0.5, 0.6) is 0 Å². The van der Waals surface area contributed by atoms with Crippen molar-refractivity contribution in [3.63, 3.8) is 0 Å². The fourth-order valence-electron chi connectivity index (χ4n) is 3.79. The third kappa shape index (κ3) is 4.22. The van der Waals surface area contributed by atoms with Crippen LogP contribution in [-0.2, 0) is 22.7 Å². The highest BCUT2D eigenvalue weighted by Crippen LogP contribution is 2.22. The fraction of sp³-hybridized carbons (Fsp3) is 0.318. The van der Waals surface area contributed by atoms with Gasteiger partial charge in [0.1, 0.15) is 0 Å². The molecule has 144 valence electrons. The normalized spacial score (nSPS) is 16.6. The predicted molar refractivity (Wildman–Crippen MR) is 107 cm³/mol. The molecule has 1 atom stereocenters. The van der Waals surface area contributed by atoms with Gasteiger partial charge in [-0.25, -0.2) is 0 Å². The molecule has 28 heavy (non-hydrogen) atoms. The second kappa shape index (κ2) is 8.25. The molecule has 1 saturated heterocycles. The van der Waals surface area contributed by atoms with Gasteiger partial charge in [0.25, 0.3) is 0 Å². The summed E-state index contributed by atoms with van der Waals surface area (Å²) in [5.74, 6) is 0.0896. The quantitative estimate of drug-likeness (QED) is 0.689. The molecule has 1 fully saturated rings. The standard InChI is InChI=1S/C22H24N4O2/c27-21(10-4-12-26-13-5-11-23-26)24-19-14-22(28)25(16-19)15-18-8-3-7-17-6-1-2-9-20(17)18/h1-3,5-9,11,13,19H,4,10,12,14-16H2,(H,24,27)/t19-/m0/s1. The van der Waals surface area contributed by atoms with E-state index in [4.69, 9.17) is 0 Å². The van der Waals surface area contributed by atoms with E-state index in [9.17, 15) is 9.59 Å². The highest BCUT2D eigenvalue weighted by atomic mass is 16.2. The lowest BCUT2D eigenvalue weighted by molar-refractivity contribution is -0.128. The first-order valence-electron chi connectivity index (χ1n) is 9.70. The second-order valence-corrected chi connectivity index (χ2v) is 7.25. The molecule has 1 aromatic heterocycles. The molecule has 1 N–H and O–H groups in total. The molecule has 0 radical (unpaired) electrons. The number of hydrogen-bond acceptors (Lipinski definition) is 3. The molecule has 6 nitrogen and oxygen atoms in total. The van der Waals surface area contributed by atoms with Crippen LogP contribution in [0.2, 0.25) is 0 Å². The van der Waals surface area contributed by atoms with Gasteiger partial charge in [0.15, 0.2) is 0 Å². The minimum absolute atomic E-state index is 0.00281. The van der Waals surface area contributed by atoms with Gasteiger partial charge < -0.3 is 10.2 Å². The number of amides is 2. The smallest absolute Gasteiger partial charge is 0.225 e. The summed E-state index contributed by atoms with van der Waals surface area (Å²) < 4.78 is 1.82. The Bertz CT molecular complexity index is 962. The van der Waals surface area contributed by atoms with E-state index >= 15 is 0 Å². The number of carbonyl (C=O) groups is 2. The molecule has 0 bridgehead atoms. The molecule has 0 saturated carbocycles. The molecule has 2 aromatic carbocycles. The molecule has 6 heteroatoms. The maximum Gasteiger partial charge on any atom is 0.225 e. The third-order valence-electron chi connectivity index (χ3n) is 5.17. The van der Waals surface area contributed by atoms with E-state index in [-0.39, 0.29) is 17.9 Å². The minimum atomic E-state index is -0.111. The van der Waals surface area contributed by atoms with Crippen LogP contribution in [0.3, 0.4) is 0 Å². The van der Waals surface area contributed by atoms with E-state index in [1.165, 1.54) is 10.8 Å². The zero-order valence-electron chi connectivity index (χ0n) is 15.8. The van der Waals surface area contributed by atoms with Crippen molar-refractivity contribution < 1.29 is 9.59 Å². The summed E-state index contributed by atoms with van der Waals surface area (Å²) in [6, 6.07) is 16.1. The van der Waals surface area contributed by atoms with Crippen LogP contribution in [-0.4, -0.2) is 39.1 Å². The van der Waals surface area contributed by atoms with Gasteiger partial charge >= 0.3 is 0 Å². The number of benzene rings is 2. The van der Waals surface area contributed by atoms with Crippen LogP contribution in [0.25, 0.3) is 10.8 Å². The molecule has 1 aliphatic rings. The Balaban J connectivity index is 1.30. The Morgan fingerprint density at radius 3 is 2.86 bits per heavy atom. The number of nitrogens with one attached hydrogen (secondary N) is 1. The maximum atomic E-state index is 12.4. The lowest BCUT2D eigenvalue weighted by Crippen LogP contribution is -2.37. The van der Waals surface area contributed by atoms with E-state index in [0.29, 0.717) is 25.9 Å². The van der Waals surface area contributed by atoms with Crippen molar-refractivity contribution in [3.05, 3.63) is 66.5 Å². The van der Waals surface area contributed by atoms with Crippen LogP contribution >= 0.6 is 0 Å². The Morgan fingerprint density at radius 1 is 1.14 bits per heavy atom. The second-order valence-electron chi connectivity index (χ2n) is 7.25. The van der Waals surface area contributed by atoms with Crippen LogP contribution in [0.1, 0.15) is 24.8 Å². The highest BCUT2D eigenvalue weighted by molar-refractivity contribution is 5.87. The number of carbonyl (C=O) groups excluding carboxylic acids is 2. The zero-order chi connectivity index (χ0) is 19.3. The summed E-state index contributed by atoms with van der Waals surface area (Å²) in [5.41, 5.74) is 1.14. The highest BCUT2D eigenvalue weighted by Gasteiger charge is 2.30. The Hall–Kier alpha value is -3.15. The van der Waals surface area contributed by atoms with Gasteiger partial charge in [-0.1, -0.05) is 42.5 Å². The topological polar surface area (TPSA) is 67.2 Å². The van der Waals surface area contributed by atoms with Crippen molar-refractivity contribution >= 4 is 22.6 Å². The van der Waals surface area contributed by atoms with E-state index in [2.05, 4.69) is 34.7 Å². The monoisotopic (exact) mass is 376 g/mol. The Labute approximate surface area is 164 Å². The molecule has 3 aromatic rings. The molecule has 1 aliphatic heterocycles. The van der Waals surface area contributed by atoms with Gasteiger partial charge in [-0.05, 0) is 28.8 Å². The van der Waals surface area contributed by atoms with Gasteiger partial charge in [0.2, 0.25) is 11.8 Å². The van der Waals surface area contributed by atoms with Gasteiger partial charge in [0.05, 0.1) is 6.04 Å². The van der Waals surface area contributed by atoms with Crippen molar-refractivity contribution in [2.75, 3.05) is 6.54 Å². The van der Waals surface area contributed by atoms with Gasteiger partial charge in [-0.15, -0.1) is 0 Å². The first-order valence-corrected chi connectivity index (χ1v) is 9.70. The van der Waals surface area contributed by atoms with Gasteiger partial charge in [0, 0.05) is 44.9 Å². The van der Waals surface area contributed by atoms with Crippen molar-refractivity contribution in [2.24, 2.45) is 0 Å². The first kappa shape index (κ1) is 18.2. The lowest BCUT2D eigenvalue weighted by Gasteiger charge is -2.18. The molecule has 2 heterocycles. The van der Waals surface area contributed by atoms with Gasteiger partial charge in [-0.3, -0.25) is 14.3 Å². The average molecular weight is 376 g/mol. The molecule has 0 aliphatic carbocycles. The number of likely N-dealkylation sites (tertiary alicyclic amines) is 1. The summed E-state index contributed by atoms with van der Waals surface area (Å²) >= 11 is 0. The van der Waals surface area contributed by atoms with Crippen LogP contribution in [0.15, 0.2) is 60.9 Å². The fourth-order valence-corrected chi connectivity index (χ4v) is 3.79. The number of fused-ring (bicyclic) bond motifs is 1. The molecular formula is C22H24N4O2. The van der Waals surface area contributed by atoms with E-state index in [1.807, 2.05) is 40.0 Å². The largest absolute Gasteiger partial charge is 0.351 e. The molecule has 0 spiro atoms. The molecule has 0 unspecified atom stereocenters. The summed E-state index contributed by atoms with van der Waals surface area (Å²) in [4.78, 5) is 26.5. The number of aryl methyl sites for hydroxylation is 1. The Morgan fingerprint density at radius 2 is 2.00 bits per heavy atom. The lowest BCUT2D eigenvalue weighted by atomic mass is 10.0. The SMILES string of the molecule is O=C(CCCn1cccn1)N[C@H]1CC(=O)N(Cc2cccc3ccccc23)C1. The van der Waals surface area contributed by atoms with E-state index < -0.39 is 0 Å². The number of rotatable bonds is 7. The van der Waals surface area contributed by atoms with Crippen molar-refractivity contribution in [1.29, 1.82) is 0 Å². The van der Waals surface area contributed by atoms with Crippen LogP contribution in [0, 0.1) is 0 Å².